The number of fused-ring (bicyclic) bond motifs is 1. The van der Waals surface area contributed by atoms with Crippen LogP contribution in [0.4, 0.5) is 0 Å². The molecule has 0 N–H and O–H groups in total. The fraction of sp³-hybridized carbons (Fsp3) is 0.258. The third-order valence-corrected chi connectivity index (χ3v) is 10.1. The summed E-state index contributed by atoms with van der Waals surface area (Å²) in [6, 6.07) is 14.2. The molecule has 0 spiro atoms. The number of nitrogens with zero attached hydrogens (tertiary/aromatic N) is 2. The second-order valence-electron chi connectivity index (χ2n) is 9.57. The highest BCUT2D eigenvalue weighted by molar-refractivity contribution is 8.40. The minimum absolute atomic E-state index is 0.0123. The second-order valence-corrected chi connectivity index (χ2v) is 13.1. The van der Waals surface area contributed by atoms with Crippen LogP contribution >= 0.6 is 10.9 Å². The van der Waals surface area contributed by atoms with E-state index in [-0.39, 0.29) is 45.0 Å². The van der Waals surface area contributed by atoms with Crippen molar-refractivity contribution in [2.75, 3.05) is 47.9 Å². The van der Waals surface area contributed by atoms with E-state index in [9.17, 15) is 13.2 Å². The lowest BCUT2D eigenvalue weighted by Crippen LogP contribution is -2.15. The Morgan fingerprint density at radius 3 is 2.15 bits per heavy atom. The first-order chi connectivity index (χ1) is 22.2. The van der Waals surface area contributed by atoms with Crippen molar-refractivity contribution in [2.24, 2.45) is 10.2 Å². The molecule has 0 aliphatic carbocycles. The van der Waals surface area contributed by atoms with Crippen LogP contribution in [0.3, 0.4) is 0 Å². The zero-order valence-corrected chi connectivity index (χ0v) is 27.3. The Labute approximate surface area is 267 Å². The highest BCUT2D eigenvalue weighted by Gasteiger charge is 2.26. The highest BCUT2D eigenvalue weighted by Crippen LogP contribution is 2.44. The summed E-state index contributed by atoms with van der Waals surface area (Å²) in [5.74, 6) is 2.18. The summed E-state index contributed by atoms with van der Waals surface area (Å²) < 4.78 is 70.6. The summed E-state index contributed by atoms with van der Waals surface area (Å²) >= 11 is 0. The van der Waals surface area contributed by atoms with E-state index in [4.69, 9.17) is 37.0 Å². The van der Waals surface area contributed by atoms with Crippen molar-refractivity contribution in [2.45, 2.75) is 11.3 Å². The van der Waals surface area contributed by atoms with Crippen molar-refractivity contribution < 1.29 is 45.4 Å². The molecule has 2 heterocycles. The monoisotopic (exact) mass is 672 g/mol. The Balaban J connectivity index is 1.45. The van der Waals surface area contributed by atoms with Crippen LogP contribution in [0.2, 0.25) is 0 Å². The largest absolute Gasteiger partial charge is 0.496 e. The van der Waals surface area contributed by atoms with Gasteiger partial charge in [-0.05, 0) is 36.4 Å². The maximum Gasteiger partial charge on any atom is 0.341 e. The SMILES string of the molecule is COc1cc(OC)c2c(=O)c(OCCC[SH]3C=NN=C3OS(=O)(=O)c3ccccc3)c(-c3cc(OC)c(OC)c(OC)c3)oc2c1. The zero-order chi connectivity index (χ0) is 32.8. The van der Waals surface area contributed by atoms with Gasteiger partial charge in [0.1, 0.15) is 27.4 Å². The second kappa shape index (κ2) is 14.0. The van der Waals surface area contributed by atoms with Gasteiger partial charge >= 0.3 is 10.1 Å². The first kappa shape index (κ1) is 32.5. The molecule has 0 saturated heterocycles. The van der Waals surface area contributed by atoms with Crippen molar-refractivity contribution >= 4 is 42.8 Å². The third-order valence-electron chi connectivity index (χ3n) is 6.86. The molecular weight excluding hydrogens is 640 g/mol. The first-order valence-electron chi connectivity index (χ1n) is 13.8. The molecule has 1 aliphatic heterocycles. The molecule has 13 nitrogen and oxygen atoms in total. The summed E-state index contributed by atoms with van der Waals surface area (Å²) in [5, 5.41) is 7.96. The average molecular weight is 673 g/mol. The van der Waals surface area contributed by atoms with E-state index in [1.165, 1.54) is 47.7 Å². The van der Waals surface area contributed by atoms with Crippen molar-refractivity contribution in [1.29, 1.82) is 0 Å². The van der Waals surface area contributed by atoms with Crippen LogP contribution in [0.1, 0.15) is 6.42 Å². The van der Waals surface area contributed by atoms with Crippen molar-refractivity contribution in [3.8, 4) is 45.8 Å². The molecule has 0 fully saturated rings. The van der Waals surface area contributed by atoms with Gasteiger partial charge in [-0.3, -0.25) is 4.79 Å². The molecule has 0 bridgehead atoms. The van der Waals surface area contributed by atoms with Crippen LogP contribution in [0.5, 0.6) is 34.5 Å². The summed E-state index contributed by atoms with van der Waals surface area (Å²) in [4.78, 5) is 14.0. The van der Waals surface area contributed by atoms with Gasteiger partial charge in [-0.15, -0.1) is 21.1 Å². The van der Waals surface area contributed by atoms with E-state index in [1.807, 2.05) is 0 Å². The average Bonchev–Trinajstić information content (AvgIpc) is 3.51. The Morgan fingerprint density at radius 1 is 0.826 bits per heavy atom. The van der Waals surface area contributed by atoms with Gasteiger partial charge in [-0.2, -0.15) is 8.42 Å². The maximum absolute atomic E-state index is 14.0. The quantitative estimate of drug-likeness (QED) is 0.116. The standard InChI is InChI=1S/C31H32N2O11S2/c1-37-20-16-22(38-2)26-23(17-20)43-28(19-14-24(39-3)29(41-5)25(15-19)40-4)30(27(26)34)42-12-9-13-45-18-32-33-31(45)44-46(35,36)21-10-7-6-8-11-21/h6-8,10-11,14-18,45H,9,12-13H2,1-5H3. The highest BCUT2D eigenvalue weighted by atomic mass is 32.2. The van der Waals surface area contributed by atoms with Crippen LogP contribution in [0, 0.1) is 0 Å². The summed E-state index contributed by atoms with van der Waals surface area (Å²) in [7, 11) is 2.03. The van der Waals surface area contributed by atoms with Crippen LogP contribution in [0.25, 0.3) is 22.3 Å². The van der Waals surface area contributed by atoms with Crippen LogP contribution in [-0.4, -0.2) is 67.1 Å². The van der Waals surface area contributed by atoms with Crippen LogP contribution < -0.4 is 33.8 Å². The molecule has 1 aliphatic rings. The number of hydrogen-bond acceptors (Lipinski definition) is 13. The Morgan fingerprint density at radius 2 is 1.52 bits per heavy atom. The Bertz CT molecular complexity index is 1930. The molecule has 1 aromatic heterocycles. The van der Waals surface area contributed by atoms with Gasteiger partial charge in [0.05, 0.1) is 47.7 Å². The molecule has 5 rings (SSSR count). The lowest BCUT2D eigenvalue weighted by Gasteiger charge is -2.17. The van der Waals surface area contributed by atoms with Crippen molar-refractivity contribution in [3.63, 3.8) is 0 Å². The van der Waals surface area contributed by atoms with Gasteiger partial charge in [-0.1, -0.05) is 18.2 Å². The molecule has 244 valence electrons. The number of benzene rings is 3. The Kier molecular flexibility index (Phi) is 9.92. The van der Waals surface area contributed by atoms with E-state index >= 15 is 0 Å². The zero-order valence-electron chi connectivity index (χ0n) is 25.6. The fourth-order valence-electron chi connectivity index (χ4n) is 4.66. The minimum atomic E-state index is -4.07. The van der Waals surface area contributed by atoms with Gasteiger partial charge < -0.3 is 37.0 Å². The predicted octanol–water partition coefficient (Wildman–Crippen LogP) is 4.99. The van der Waals surface area contributed by atoms with E-state index in [2.05, 4.69) is 10.2 Å². The number of ether oxygens (including phenoxy) is 6. The molecular formula is C31H32N2O11S2. The molecule has 1 unspecified atom stereocenters. The van der Waals surface area contributed by atoms with Crippen LogP contribution in [-0.2, 0) is 14.3 Å². The molecule has 1 atom stereocenters. The van der Waals surface area contributed by atoms with Crippen molar-refractivity contribution in [3.05, 3.63) is 64.8 Å². The summed E-state index contributed by atoms with van der Waals surface area (Å²) in [5.41, 5.74) is 1.72. The van der Waals surface area contributed by atoms with E-state index in [1.54, 1.807) is 48.0 Å². The van der Waals surface area contributed by atoms with Gasteiger partial charge in [0.2, 0.25) is 16.9 Å². The number of methoxy groups -OCH3 is 5. The number of rotatable bonds is 13. The molecule has 0 amide bonds. The van der Waals surface area contributed by atoms with Crippen LogP contribution in [0.15, 0.2) is 78.9 Å². The Hall–Kier alpha value is -4.89. The minimum Gasteiger partial charge on any atom is -0.496 e. The van der Waals surface area contributed by atoms with Gasteiger partial charge in [0.15, 0.2) is 17.3 Å². The smallest absolute Gasteiger partial charge is 0.341 e. The molecule has 0 saturated carbocycles. The van der Waals surface area contributed by atoms with E-state index in [0.29, 0.717) is 40.7 Å². The predicted molar refractivity (Wildman–Crippen MR) is 175 cm³/mol. The fourth-order valence-corrected chi connectivity index (χ4v) is 7.37. The van der Waals surface area contributed by atoms with Gasteiger partial charge in [-0.25, -0.2) is 0 Å². The van der Waals surface area contributed by atoms with Gasteiger partial charge in [0, 0.05) is 17.7 Å². The lowest BCUT2D eigenvalue weighted by atomic mass is 10.1. The molecule has 3 aromatic carbocycles. The lowest BCUT2D eigenvalue weighted by molar-refractivity contribution is 0.309. The first-order valence-corrected chi connectivity index (χ1v) is 16.8. The maximum atomic E-state index is 14.0. The molecule has 15 heteroatoms. The van der Waals surface area contributed by atoms with Crippen molar-refractivity contribution in [1.82, 2.24) is 0 Å². The van der Waals surface area contributed by atoms with Gasteiger partial charge in [0.25, 0.3) is 5.23 Å². The summed E-state index contributed by atoms with van der Waals surface area (Å²) in [6.07, 6.45) is 0.400. The number of thiol groups is 1. The van der Waals surface area contributed by atoms with E-state index < -0.39 is 26.4 Å². The topological polar surface area (TPSA) is 154 Å². The summed E-state index contributed by atoms with van der Waals surface area (Å²) in [6.45, 7) is 0.0670. The molecule has 0 radical (unpaired) electrons. The normalized spacial score (nSPS) is 14.9. The number of hydrogen-bond donors (Lipinski definition) is 1. The third kappa shape index (κ3) is 6.55. The van der Waals surface area contributed by atoms with E-state index in [0.717, 1.165) is 0 Å². The molecule has 46 heavy (non-hydrogen) atoms. The molecule has 4 aromatic rings.